The molecule has 0 aliphatic rings. The second-order valence-electron chi connectivity index (χ2n) is 3.72. The van der Waals surface area contributed by atoms with Crippen LogP contribution >= 0.6 is 0 Å². The van der Waals surface area contributed by atoms with Crippen LogP contribution in [0, 0.1) is 0 Å². The number of carbonyl (C=O) groups is 2. The van der Waals surface area contributed by atoms with Gasteiger partial charge in [0.15, 0.2) is 0 Å². The van der Waals surface area contributed by atoms with Gasteiger partial charge in [0.05, 0.1) is 19.6 Å². The van der Waals surface area contributed by atoms with Gasteiger partial charge in [-0.1, -0.05) is 6.92 Å². The van der Waals surface area contributed by atoms with E-state index in [1.807, 2.05) is 0 Å². The quantitative estimate of drug-likeness (QED) is 0.720. The van der Waals surface area contributed by atoms with E-state index in [4.69, 9.17) is 5.73 Å². The lowest BCUT2D eigenvalue weighted by Crippen LogP contribution is -2.47. The molecule has 0 aromatic heterocycles. The molecule has 0 aliphatic heterocycles. The van der Waals surface area contributed by atoms with Crippen LogP contribution in [0.2, 0.25) is 0 Å². The van der Waals surface area contributed by atoms with Crippen LogP contribution in [0.5, 0.6) is 0 Å². The van der Waals surface area contributed by atoms with E-state index < -0.39 is 30.6 Å². The third-order valence-electron chi connectivity index (χ3n) is 2.25. The summed E-state index contributed by atoms with van der Waals surface area (Å²) in [7, 11) is 1.12. The first-order chi connectivity index (χ1) is 8.21. The minimum Gasteiger partial charge on any atom is -0.469 e. The molecule has 0 bridgehead atoms. The van der Waals surface area contributed by atoms with Crippen LogP contribution in [-0.4, -0.2) is 49.2 Å². The van der Waals surface area contributed by atoms with Gasteiger partial charge in [-0.2, -0.15) is 13.2 Å². The van der Waals surface area contributed by atoms with Crippen molar-refractivity contribution in [2.75, 3.05) is 20.2 Å². The third-order valence-corrected chi connectivity index (χ3v) is 2.25. The number of amides is 1. The van der Waals surface area contributed by atoms with Crippen molar-refractivity contribution in [3.05, 3.63) is 0 Å². The van der Waals surface area contributed by atoms with Gasteiger partial charge in [0, 0.05) is 6.54 Å². The fraction of sp³-hybridized carbons (Fsp3) is 0.800. The van der Waals surface area contributed by atoms with Gasteiger partial charge in [-0.25, -0.2) is 0 Å². The molecule has 0 aliphatic carbocycles. The van der Waals surface area contributed by atoms with Gasteiger partial charge in [0.25, 0.3) is 0 Å². The number of esters is 1. The van der Waals surface area contributed by atoms with Gasteiger partial charge >= 0.3 is 12.1 Å². The lowest BCUT2D eigenvalue weighted by Gasteiger charge is -2.25. The van der Waals surface area contributed by atoms with E-state index in [2.05, 4.69) is 4.74 Å². The number of halogens is 3. The molecule has 18 heavy (non-hydrogen) atoms. The van der Waals surface area contributed by atoms with Gasteiger partial charge in [-0.3, -0.25) is 9.59 Å². The number of ether oxygens (including phenoxy) is 1. The van der Waals surface area contributed by atoms with Gasteiger partial charge in [0.2, 0.25) is 5.91 Å². The summed E-state index contributed by atoms with van der Waals surface area (Å²) in [6.07, 6.45) is -4.60. The second-order valence-corrected chi connectivity index (χ2v) is 3.72. The zero-order chi connectivity index (χ0) is 14.3. The van der Waals surface area contributed by atoms with Gasteiger partial charge in [-0.15, -0.1) is 0 Å². The highest BCUT2D eigenvalue weighted by molar-refractivity contribution is 5.82. The number of hydrogen-bond donors (Lipinski definition) is 1. The summed E-state index contributed by atoms with van der Waals surface area (Å²) in [6, 6.07) is -0.995. The summed E-state index contributed by atoms with van der Waals surface area (Å²) in [5.41, 5.74) is 5.40. The molecule has 8 heteroatoms. The molecule has 106 valence electrons. The van der Waals surface area contributed by atoms with Crippen LogP contribution in [0.4, 0.5) is 13.2 Å². The smallest absolute Gasteiger partial charge is 0.406 e. The normalized spacial score (nSPS) is 13.0. The van der Waals surface area contributed by atoms with E-state index in [1.165, 1.54) is 0 Å². The molecule has 0 saturated carbocycles. The minimum atomic E-state index is -4.53. The predicted molar refractivity (Wildman–Crippen MR) is 57.5 cm³/mol. The number of nitrogens with zero attached hydrogens (tertiary/aromatic N) is 1. The van der Waals surface area contributed by atoms with E-state index in [1.54, 1.807) is 6.92 Å². The number of nitrogens with two attached hydrogens (primary N) is 1. The molecule has 1 atom stereocenters. The van der Waals surface area contributed by atoms with Crippen molar-refractivity contribution in [2.45, 2.75) is 32.0 Å². The van der Waals surface area contributed by atoms with E-state index in [-0.39, 0.29) is 19.4 Å². The molecule has 0 fully saturated rings. The van der Waals surface area contributed by atoms with E-state index in [9.17, 15) is 22.8 Å². The topological polar surface area (TPSA) is 72.6 Å². The third kappa shape index (κ3) is 6.43. The Labute approximate surface area is 103 Å². The number of methoxy groups -OCH3 is 1. The molecular formula is C10H17F3N2O3. The highest BCUT2D eigenvalue weighted by Gasteiger charge is 2.34. The Kier molecular flexibility index (Phi) is 6.67. The summed E-state index contributed by atoms with van der Waals surface area (Å²) < 4.78 is 41.2. The predicted octanol–water partition coefficient (Wildman–Crippen LogP) is 0.678. The molecular weight excluding hydrogens is 253 g/mol. The number of hydrogen-bond acceptors (Lipinski definition) is 4. The van der Waals surface area contributed by atoms with E-state index in [0.717, 1.165) is 7.11 Å². The molecule has 0 heterocycles. The maximum Gasteiger partial charge on any atom is 0.406 e. The first-order valence-corrected chi connectivity index (χ1v) is 5.39. The van der Waals surface area contributed by atoms with Crippen LogP contribution < -0.4 is 5.73 Å². The molecule has 0 radical (unpaired) electrons. The largest absolute Gasteiger partial charge is 0.469 e. The lowest BCUT2D eigenvalue weighted by molar-refractivity contribution is -0.163. The van der Waals surface area contributed by atoms with Crippen LogP contribution in [0.15, 0.2) is 0 Å². The molecule has 2 N–H and O–H groups in total. The number of alkyl halides is 3. The summed E-state index contributed by atoms with van der Waals surface area (Å²) in [5, 5.41) is 0. The molecule has 5 nitrogen and oxygen atoms in total. The van der Waals surface area contributed by atoms with E-state index in [0.29, 0.717) is 4.90 Å². The number of carbonyl (C=O) groups excluding carboxylic acids is 2. The van der Waals surface area contributed by atoms with Gasteiger partial charge in [0.1, 0.15) is 6.54 Å². The first kappa shape index (κ1) is 16.7. The summed E-state index contributed by atoms with van der Waals surface area (Å²) in [6.45, 7) is -0.191. The molecule has 0 unspecified atom stereocenters. The highest BCUT2D eigenvalue weighted by Crippen LogP contribution is 2.17. The Morgan fingerprint density at radius 3 is 2.33 bits per heavy atom. The van der Waals surface area contributed by atoms with Crippen LogP contribution in [0.25, 0.3) is 0 Å². The summed E-state index contributed by atoms with van der Waals surface area (Å²) >= 11 is 0. The van der Waals surface area contributed by atoms with E-state index >= 15 is 0 Å². The fourth-order valence-corrected chi connectivity index (χ4v) is 1.22. The average molecular weight is 270 g/mol. The minimum absolute atomic E-state index is 0.228. The van der Waals surface area contributed by atoms with Crippen molar-refractivity contribution in [1.82, 2.24) is 4.90 Å². The summed E-state index contributed by atoms with van der Waals surface area (Å²) in [4.78, 5) is 23.0. The number of rotatable bonds is 6. The van der Waals surface area contributed by atoms with Crippen molar-refractivity contribution >= 4 is 11.9 Å². The van der Waals surface area contributed by atoms with Crippen LogP contribution in [0.1, 0.15) is 19.8 Å². The lowest BCUT2D eigenvalue weighted by atomic mass is 10.2. The van der Waals surface area contributed by atoms with Gasteiger partial charge < -0.3 is 15.4 Å². The second kappa shape index (κ2) is 7.20. The Bertz CT molecular complexity index is 295. The van der Waals surface area contributed by atoms with Crippen molar-refractivity contribution in [1.29, 1.82) is 0 Å². The molecule has 0 spiro atoms. The maximum absolute atomic E-state index is 12.3. The Morgan fingerprint density at radius 1 is 1.39 bits per heavy atom. The standard InChI is InChI=1S/C10H17F3N2O3/c1-3-7(14)9(17)15(6-10(11,12)13)5-4-8(16)18-2/h7H,3-6,14H2,1-2H3/t7-/m0/s1. The van der Waals surface area contributed by atoms with Gasteiger partial charge in [-0.05, 0) is 6.42 Å². The molecule has 0 aromatic rings. The Balaban J connectivity index is 4.62. The fourth-order valence-electron chi connectivity index (χ4n) is 1.22. The molecule has 0 rings (SSSR count). The Morgan fingerprint density at radius 2 is 1.94 bits per heavy atom. The van der Waals surface area contributed by atoms with Crippen LogP contribution in [-0.2, 0) is 14.3 Å². The zero-order valence-corrected chi connectivity index (χ0v) is 10.3. The molecule has 1 amide bonds. The Hall–Kier alpha value is -1.31. The average Bonchev–Trinajstić information content (AvgIpc) is 2.30. The molecule has 0 saturated heterocycles. The SMILES string of the molecule is CC[C@H](N)C(=O)N(CCC(=O)OC)CC(F)(F)F. The first-order valence-electron chi connectivity index (χ1n) is 5.39. The monoisotopic (exact) mass is 270 g/mol. The summed E-state index contributed by atoms with van der Waals surface area (Å²) in [5.74, 6) is -1.50. The maximum atomic E-state index is 12.3. The van der Waals surface area contributed by atoms with Crippen molar-refractivity contribution < 1.29 is 27.5 Å². The zero-order valence-electron chi connectivity index (χ0n) is 10.3. The highest BCUT2D eigenvalue weighted by atomic mass is 19.4. The van der Waals surface area contributed by atoms with Crippen LogP contribution in [0.3, 0.4) is 0 Å². The van der Waals surface area contributed by atoms with Crippen molar-refractivity contribution in [3.63, 3.8) is 0 Å². The van der Waals surface area contributed by atoms with Crippen molar-refractivity contribution in [3.8, 4) is 0 Å². The molecule has 0 aromatic carbocycles. The van der Waals surface area contributed by atoms with Crippen molar-refractivity contribution in [2.24, 2.45) is 5.73 Å².